The minimum absolute atomic E-state index is 0.00927. The van der Waals surface area contributed by atoms with Crippen LogP contribution < -0.4 is 16.2 Å². The molecule has 0 unspecified atom stereocenters. The van der Waals surface area contributed by atoms with Crippen molar-refractivity contribution in [2.24, 2.45) is 0 Å². The number of carbonyl (C=O) groups excluding carboxylic acids is 2. The summed E-state index contributed by atoms with van der Waals surface area (Å²) in [6.45, 7) is 9.59. The quantitative estimate of drug-likeness (QED) is 0.231. The smallest absolute Gasteiger partial charge is 0.293 e. The lowest BCUT2D eigenvalue weighted by molar-refractivity contribution is 0.0664. The van der Waals surface area contributed by atoms with E-state index in [1.165, 1.54) is 0 Å². The second-order valence-corrected chi connectivity index (χ2v) is 11.6. The molecule has 1 aliphatic rings. The molecule has 3 aromatic carbocycles. The maximum atomic E-state index is 13.4. The van der Waals surface area contributed by atoms with Gasteiger partial charge in [-0.25, -0.2) is 4.98 Å². The van der Waals surface area contributed by atoms with E-state index < -0.39 is 0 Å². The van der Waals surface area contributed by atoms with Gasteiger partial charge in [0.1, 0.15) is 0 Å². The Bertz CT molecular complexity index is 1720. The topological polar surface area (TPSA) is 99.6 Å². The molecule has 4 aromatic rings. The van der Waals surface area contributed by atoms with Crippen molar-refractivity contribution in [2.75, 3.05) is 43.9 Å². The molecule has 0 radical (unpaired) electrons. The molecule has 9 nitrogen and oxygen atoms in total. The van der Waals surface area contributed by atoms with Crippen LogP contribution in [0.3, 0.4) is 0 Å². The standard InChI is InChI=1S/C36H42N6O3/c1-5-7-11-26-12-8-9-13-30(26)34(43)39-31-15-10-14-29(25(31)3)32-24-41(6-2)36(45)33(38-32)37-28-18-16-27(17-19-28)35(44)42-22-20-40(4)21-23-42/h8-10,12-19,24H,5-7,11,20-23H2,1-4H3,(H,37,38)(H,39,43). The van der Waals surface area contributed by atoms with Gasteiger partial charge in [0.15, 0.2) is 5.82 Å². The van der Waals surface area contributed by atoms with E-state index in [0.717, 1.165) is 49.0 Å². The van der Waals surface area contributed by atoms with Gasteiger partial charge in [0, 0.05) is 67.0 Å². The highest BCUT2D eigenvalue weighted by Gasteiger charge is 2.21. The fourth-order valence-electron chi connectivity index (χ4n) is 5.58. The Morgan fingerprint density at radius 3 is 2.36 bits per heavy atom. The highest BCUT2D eigenvalue weighted by Crippen LogP contribution is 2.29. The summed E-state index contributed by atoms with van der Waals surface area (Å²) in [6.07, 6.45) is 4.68. The third-order valence-corrected chi connectivity index (χ3v) is 8.42. The minimum atomic E-state index is -0.246. The normalized spacial score (nSPS) is 13.5. The average Bonchev–Trinajstić information content (AvgIpc) is 3.06. The van der Waals surface area contributed by atoms with E-state index >= 15 is 0 Å². The molecule has 234 valence electrons. The Kier molecular flexibility index (Phi) is 10.1. The molecule has 0 atom stereocenters. The van der Waals surface area contributed by atoms with Crippen LogP contribution in [-0.4, -0.2) is 64.4 Å². The van der Waals surface area contributed by atoms with Crippen molar-refractivity contribution < 1.29 is 9.59 Å². The molecule has 1 aromatic heterocycles. The van der Waals surface area contributed by atoms with Crippen molar-refractivity contribution in [3.05, 3.63) is 106 Å². The number of anilines is 3. The van der Waals surface area contributed by atoms with Gasteiger partial charge in [-0.1, -0.05) is 43.7 Å². The van der Waals surface area contributed by atoms with Gasteiger partial charge in [-0.05, 0) is 81.3 Å². The first kappa shape index (κ1) is 31.7. The first-order valence-electron chi connectivity index (χ1n) is 15.7. The molecule has 1 aliphatic heterocycles. The van der Waals surface area contributed by atoms with Crippen LogP contribution in [-0.2, 0) is 13.0 Å². The number of likely N-dealkylation sites (N-methyl/N-ethyl adjacent to an activating group) is 1. The van der Waals surface area contributed by atoms with E-state index in [0.29, 0.717) is 47.8 Å². The SMILES string of the molecule is CCCCc1ccccc1C(=O)Nc1cccc(-c2cn(CC)c(=O)c(Nc3ccc(C(=O)N4CCN(C)CC4)cc3)n2)c1C. The van der Waals surface area contributed by atoms with Crippen LogP contribution in [0, 0.1) is 6.92 Å². The largest absolute Gasteiger partial charge is 0.336 e. The Morgan fingerprint density at radius 2 is 1.64 bits per heavy atom. The number of aryl methyl sites for hydroxylation is 2. The van der Waals surface area contributed by atoms with Crippen molar-refractivity contribution >= 4 is 29.0 Å². The number of nitrogens with one attached hydrogen (secondary N) is 2. The molecular formula is C36H42N6O3. The summed E-state index contributed by atoms with van der Waals surface area (Å²) in [5.41, 5.74) is 5.70. The highest BCUT2D eigenvalue weighted by atomic mass is 16.2. The van der Waals surface area contributed by atoms with Crippen molar-refractivity contribution in [3.63, 3.8) is 0 Å². The van der Waals surface area contributed by atoms with Crippen LogP contribution in [0.15, 0.2) is 77.7 Å². The number of piperazine rings is 1. The van der Waals surface area contributed by atoms with Crippen LogP contribution in [0.2, 0.25) is 0 Å². The molecule has 0 aliphatic carbocycles. The molecule has 2 amide bonds. The number of nitrogens with zero attached hydrogens (tertiary/aromatic N) is 4. The molecule has 5 rings (SSSR count). The monoisotopic (exact) mass is 606 g/mol. The van der Waals surface area contributed by atoms with Gasteiger partial charge in [0.2, 0.25) is 0 Å². The maximum Gasteiger partial charge on any atom is 0.293 e. The van der Waals surface area contributed by atoms with Gasteiger partial charge in [0.05, 0.1) is 5.69 Å². The Hall–Kier alpha value is -4.76. The number of hydrogen-bond acceptors (Lipinski definition) is 6. The molecule has 2 heterocycles. The molecule has 2 N–H and O–H groups in total. The maximum absolute atomic E-state index is 13.4. The summed E-state index contributed by atoms with van der Waals surface area (Å²) in [5, 5.41) is 6.28. The third kappa shape index (κ3) is 7.32. The first-order valence-corrected chi connectivity index (χ1v) is 15.7. The summed E-state index contributed by atoms with van der Waals surface area (Å²) in [6, 6.07) is 20.6. The third-order valence-electron chi connectivity index (χ3n) is 8.42. The fourth-order valence-corrected chi connectivity index (χ4v) is 5.58. The van der Waals surface area contributed by atoms with Crippen molar-refractivity contribution in [2.45, 2.75) is 46.6 Å². The summed E-state index contributed by atoms with van der Waals surface area (Å²) in [7, 11) is 2.06. The highest BCUT2D eigenvalue weighted by molar-refractivity contribution is 6.06. The lowest BCUT2D eigenvalue weighted by Crippen LogP contribution is -2.47. The van der Waals surface area contributed by atoms with Crippen LogP contribution >= 0.6 is 0 Å². The predicted octanol–water partition coefficient (Wildman–Crippen LogP) is 5.96. The van der Waals surface area contributed by atoms with Gasteiger partial charge in [-0.2, -0.15) is 0 Å². The van der Waals surface area contributed by atoms with Crippen LogP contribution in [0.5, 0.6) is 0 Å². The number of unbranched alkanes of at least 4 members (excludes halogenated alkanes) is 1. The molecule has 45 heavy (non-hydrogen) atoms. The molecule has 9 heteroatoms. The Morgan fingerprint density at radius 1 is 0.911 bits per heavy atom. The number of rotatable bonds is 10. The first-order chi connectivity index (χ1) is 21.8. The van der Waals surface area contributed by atoms with E-state index in [1.807, 2.05) is 61.2 Å². The van der Waals surface area contributed by atoms with E-state index in [4.69, 9.17) is 4.98 Å². The fraction of sp³-hybridized carbons (Fsp3) is 0.333. The molecule has 1 fully saturated rings. The average molecular weight is 607 g/mol. The molecule has 1 saturated heterocycles. The summed E-state index contributed by atoms with van der Waals surface area (Å²) in [5.74, 6) is 0.0477. The molecule has 0 saturated carbocycles. The van der Waals surface area contributed by atoms with E-state index in [2.05, 4.69) is 29.5 Å². The molecule has 0 bridgehead atoms. The van der Waals surface area contributed by atoms with Gasteiger partial charge < -0.3 is 25.0 Å². The number of amides is 2. The molecular weight excluding hydrogens is 564 g/mol. The van der Waals surface area contributed by atoms with Crippen LogP contribution in [0.25, 0.3) is 11.3 Å². The number of aromatic nitrogens is 2. The zero-order chi connectivity index (χ0) is 31.9. The summed E-state index contributed by atoms with van der Waals surface area (Å²) >= 11 is 0. The van der Waals surface area contributed by atoms with E-state index in [-0.39, 0.29) is 23.2 Å². The van der Waals surface area contributed by atoms with Gasteiger partial charge in [-0.3, -0.25) is 14.4 Å². The summed E-state index contributed by atoms with van der Waals surface area (Å²) < 4.78 is 1.62. The van der Waals surface area contributed by atoms with Gasteiger partial charge >= 0.3 is 0 Å². The van der Waals surface area contributed by atoms with Crippen molar-refractivity contribution in [3.8, 4) is 11.3 Å². The number of hydrogen-bond donors (Lipinski definition) is 2. The summed E-state index contributed by atoms with van der Waals surface area (Å²) in [4.78, 5) is 48.4. The Labute approximate surface area is 264 Å². The lowest BCUT2D eigenvalue weighted by atomic mass is 10.0. The van der Waals surface area contributed by atoms with E-state index in [1.54, 1.807) is 35.0 Å². The van der Waals surface area contributed by atoms with E-state index in [9.17, 15) is 14.4 Å². The van der Waals surface area contributed by atoms with Crippen molar-refractivity contribution in [1.29, 1.82) is 0 Å². The second-order valence-electron chi connectivity index (χ2n) is 11.6. The number of benzene rings is 3. The van der Waals surface area contributed by atoms with Crippen LogP contribution in [0.4, 0.5) is 17.2 Å². The zero-order valence-electron chi connectivity index (χ0n) is 26.6. The second kappa shape index (κ2) is 14.3. The van der Waals surface area contributed by atoms with Crippen LogP contribution in [0.1, 0.15) is 58.5 Å². The van der Waals surface area contributed by atoms with Gasteiger partial charge in [-0.15, -0.1) is 0 Å². The minimum Gasteiger partial charge on any atom is -0.336 e. The predicted molar refractivity (Wildman–Crippen MR) is 180 cm³/mol. The lowest BCUT2D eigenvalue weighted by Gasteiger charge is -2.32. The van der Waals surface area contributed by atoms with Crippen molar-refractivity contribution in [1.82, 2.24) is 19.4 Å². The van der Waals surface area contributed by atoms with Gasteiger partial charge in [0.25, 0.3) is 17.4 Å². The molecule has 0 spiro atoms. The zero-order valence-corrected chi connectivity index (χ0v) is 26.6. The Balaban J connectivity index is 1.38. The number of carbonyl (C=O) groups is 2.